The fourth-order valence-corrected chi connectivity index (χ4v) is 6.20. The molecule has 5 rings (SSSR count). The molecule has 3 aromatic rings. The highest BCUT2D eigenvalue weighted by molar-refractivity contribution is 6.38. The van der Waals surface area contributed by atoms with E-state index in [-0.39, 0.29) is 36.4 Å². The van der Waals surface area contributed by atoms with Crippen LogP contribution in [-0.4, -0.2) is 58.2 Å². The normalized spacial score (nSPS) is 21.0. The van der Waals surface area contributed by atoms with Gasteiger partial charge < -0.3 is 20.1 Å². The Hall–Kier alpha value is -3.54. The summed E-state index contributed by atoms with van der Waals surface area (Å²) in [5, 5.41) is 14.4. The minimum atomic E-state index is -0.995. The summed E-state index contributed by atoms with van der Waals surface area (Å²) < 4.78 is 0. The summed E-state index contributed by atoms with van der Waals surface area (Å²) in [4.78, 5) is 46.7. The molecule has 3 heterocycles. The first-order chi connectivity index (χ1) is 18.1. The van der Waals surface area contributed by atoms with Crippen LogP contribution in [0.25, 0.3) is 10.9 Å². The van der Waals surface area contributed by atoms with Gasteiger partial charge in [-0.25, -0.2) is 0 Å². The zero-order valence-electron chi connectivity index (χ0n) is 21.2. The maximum atomic E-state index is 14.1. The Morgan fingerprint density at radius 1 is 1.24 bits per heavy atom. The van der Waals surface area contributed by atoms with Crippen LogP contribution in [0, 0.1) is 17.2 Å². The number of amides is 3. The van der Waals surface area contributed by atoms with E-state index >= 15 is 0 Å². The van der Waals surface area contributed by atoms with E-state index in [9.17, 15) is 19.6 Å². The third-order valence-electron chi connectivity index (χ3n) is 7.57. The molecule has 1 spiro atoms. The van der Waals surface area contributed by atoms with Gasteiger partial charge in [0, 0.05) is 41.6 Å². The molecular weight excluding hydrogens is 525 g/mol. The van der Waals surface area contributed by atoms with Gasteiger partial charge in [-0.15, -0.1) is 0 Å². The smallest absolute Gasteiger partial charge is 0.270 e. The molecule has 0 radical (unpaired) electrons. The number of likely N-dealkylation sites (tertiary alicyclic amines) is 1. The molecule has 1 aromatic heterocycles. The van der Waals surface area contributed by atoms with Crippen LogP contribution >= 0.6 is 23.2 Å². The number of nitrogens with zero attached hydrogens (tertiary/aromatic N) is 3. The molecule has 3 atom stereocenters. The summed E-state index contributed by atoms with van der Waals surface area (Å²) >= 11 is 12.4. The second kappa shape index (κ2) is 9.64. The summed E-state index contributed by atoms with van der Waals surface area (Å²) in [6, 6.07) is 12.9. The number of nitrogens with one attached hydrogen (secondary N) is 2. The number of hydrogen-bond donors (Lipinski definition) is 2. The van der Waals surface area contributed by atoms with Crippen LogP contribution in [0.5, 0.6) is 0 Å². The highest BCUT2D eigenvalue weighted by Crippen LogP contribution is 2.46. The second-order valence-electron chi connectivity index (χ2n) is 10.5. The molecule has 3 amide bonds. The Kier molecular flexibility index (Phi) is 6.62. The monoisotopic (exact) mass is 551 g/mol. The Morgan fingerprint density at radius 2 is 1.97 bits per heavy atom. The summed E-state index contributed by atoms with van der Waals surface area (Å²) in [5.74, 6) is -0.874. The third kappa shape index (κ3) is 4.20. The standard InChI is InChI=1S/C28H27Cl2N5O3/c1-15(2)8-24(34(3)25(36)23-11-18-20(30)9-16(29)10-22(18)32-23)26(37)35-14-28(12-17(35)13-31)19-6-4-5-7-21(19)33-27(28)38/h4-7,9-11,15,17,24,32H,8,12,14H2,1-3H3,(H,33,38)/t17?,24-,28-/m0/s1. The number of rotatable bonds is 5. The van der Waals surface area contributed by atoms with Gasteiger partial charge in [0.15, 0.2) is 0 Å². The number of nitriles is 1. The van der Waals surface area contributed by atoms with Crippen molar-refractivity contribution in [1.82, 2.24) is 14.8 Å². The number of carbonyl (C=O) groups excluding carboxylic acids is 3. The first-order valence-electron chi connectivity index (χ1n) is 12.4. The highest BCUT2D eigenvalue weighted by atomic mass is 35.5. The molecule has 2 N–H and O–H groups in total. The number of fused-ring (bicyclic) bond motifs is 3. The molecule has 2 aliphatic rings. The van der Waals surface area contributed by atoms with E-state index in [2.05, 4.69) is 16.4 Å². The van der Waals surface area contributed by atoms with E-state index in [0.717, 1.165) is 5.56 Å². The first-order valence-corrected chi connectivity index (χ1v) is 13.2. The van der Waals surface area contributed by atoms with Crippen molar-refractivity contribution in [3.05, 3.63) is 63.8 Å². The van der Waals surface area contributed by atoms with Gasteiger partial charge in [-0.05, 0) is 42.2 Å². The average molecular weight is 552 g/mol. The van der Waals surface area contributed by atoms with E-state index in [0.29, 0.717) is 33.1 Å². The van der Waals surface area contributed by atoms with Crippen molar-refractivity contribution >= 4 is 57.5 Å². The Balaban J connectivity index is 1.46. The van der Waals surface area contributed by atoms with Gasteiger partial charge in [0.1, 0.15) is 17.8 Å². The van der Waals surface area contributed by atoms with Crippen molar-refractivity contribution in [3.63, 3.8) is 0 Å². The number of anilines is 1. The molecule has 1 saturated heterocycles. The molecule has 196 valence electrons. The highest BCUT2D eigenvalue weighted by Gasteiger charge is 2.56. The Bertz CT molecular complexity index is 1510. The lowest BCUT2D eigenvalue weighted by molar-refractivity contribution is -0.136. The van der Waals surface area contributed by atoms with Crippen molar-refractivity contribution in [1.29, 1.82) is 5.26 Å². The predicted molar refractivity (Wildman–Crippen MR) is 146 cm³/mol. The van der Waals surface area contributed by atoms with Crippen LogP contribution in [0.3, 0.4) is 0 Å². The van der Waals surface area contributed by atoms with Gasteiger partial charge in [-0.3, -0.25) is 14.4 Å². The molecule has 8 nitrogen and oxygen atoms in total. The van der Waals surface area contributed by atoms with E-state index < -0.39 is 23.4 Å². The lowest BCUT2D eigenvalue weighted by Crippen LogP contribution is -2.52. The number of para-hydroxylation sites is 1. The predicted octanol–water partition coefficient (Wildman–Crippen LogP) is 4.98. The van der Waals surface area contributed by atoms with Crippen LogP contribution in [0.2, 0.25) is 10.0 Å². The molecule has 0 saturated carbocycles. The summed E-state index contributed by atoms with van der Waals surface area (Å²) in [6.07, 6.45) is 0.587. The number of hydrogen-bond acceptors (Lipinski definition) is 4. The molecule has 38 heavy (non-hydrogen) atoms. The zero-order chi connectivity index (χ0) is 27.4. The van der Waals surface area contributed by atoms with Crippen LogP contribution in [0.15, 0.2) is 42.5 Å². The number of carbonyl (C=O) groups is 3. The molecule has 10 heteroatoms. The van der Waals surface area contributed by atoms with Crippen molar-refractivity contribution in [3.8, 4) is 6.07 Å². The molecule has 0 aliphatic carbocycles. The van der Waals surface area contributed by atoms with Gasteiger partial charge >= 0.3 is 0 Å². The molecule has 1 fully saturated rings. The lowest BCUT2D eigenvalue weighted by atomic mass is 9.80. The van der Waals surface area contributed by atoms with Crippen molar-refractivity contribution in [2.24, 2.45) is 5.92 Å². The SMILES string of the molecule is CC(C)C[C@@H](C(=O)N1C[C@]2(CC1C#N)C(=O)Nc1ccccc12)N(C)C(=O)c1cc2c(Cl)cc(Cl)cc2[nH]1. The average Bonchev–Trinajstić information content (AvgIpc) is 3.56. The number of aromatic nitrogens is 1. The van der Waals surface area contributed by atoms with Crippen LogP contribution < -0.4 is 5.32 Å². The van der Waals surface area contributed by atoms with Crippen molar-refractivity contribution in [2.45, 2.75) is 44.2 Å². The molecule has 0 bridgehead atoms. The second-order valence-corrected chi connectivity index (χ2v) is 11.3. The summed E-state index contributed by atoms with van der Waals surface area (Å²) in [7, 11) is 1.58. The number of benzene rings is 2. The number of halogens is 2. The molecule has 2 aliphatic heterocycles. The van der Waals surface area contributed by atoms with Crippen LogP contribution in [0.4, 0.5) is 5.69 Å². The zero-order valence-corrected chi connectivity index (χ0v) is 22.7. The Labute approximate surface area is 230 Å². The third-order valence-corrected chi connectivity index (χ3v) is 8.10. The quantitative estimate of drug-likeness (QED) is 0.466. The minimum absolute atomic E-state index is 0.0734. The minimum Gasteiger partial charge on any atom is -0.350 e. The van der Waals surface area contributed by atoms with Crippen LogP contribution in [-0.2, 0) is 15.0 Å². The molecule has 1 unspecified atom stereocenters. The van der Waals surface area contributed by atoms with Crippen LogP contribution in [0.1, 0.15) is 42.7 Å². The first kappa shape index (κ1) is 26.1. The van der Waals surface area contributed by atoms with Gasteiger partial charge in [0.25, 0.3) is 5.91 Å². The number of H-pyrrole nitrogens is 1. The fraction of sp³-hybridized carbons (Fsp3) is 0.357. The summed E-state index contributed by atoms with van der Waals surface area (Å²) in [5.41, 5.74) is 1.38. The number of aromatic amines is 1. The van der Waals surface area contributed by atoms with E-state index in [1.807, 2.05) is 38.1 Å². The maximum Gasteiger partial charge on any atom is 0.270 e. The van der Waals surface area contributed by atoms with Gasteiger partial charge in [0.2, 0.25) is 11.8 Å². The summed E-state index contributed by atoms with van der Waals surface area (Å²) in [6.45, 7) is 4.01. The van der Waals surface area contributed by atoms with Gasteiger partial charge in [0.05, 0.1) is 16.5 Å². The maximum absolute atomic E-state index is 14.1. The van der Waals surface area contributed by atoms with Crippen molar-refractivity contribution < 1.29 is 14.4 Å². The topological polar surface area (TPSA) is 109 Å². The van der Waals surface area contributed by atoms with E-state index in [1.165, 1.54) is 9.80 Å². The fourth-order valence-electron chi connectivity index (χ4n) is 5.66. The van der Waals surface area contributed by atoms with Gasteiger partial charge in [-0.1, -0.05) is 55.2 Å². The largest absolute Gasteiger partial charge is 0.350 e. The lowest BCUT2D eigenvalue weighted by Gasteiger charge is -2.33. The van der Waals surface area contributed by atoms with E-state index in [1.54, 1.807) is 25.2 Å². The Morgan fingerprint density at radius 3 is 2.68 bits per heavy atom. The number of likely N-dealkylation sites (N-methyl/N-ethyl adjacent to an activating group) is 1. The van der Waals surface area contributed by atoms with Crippen molar-refractivity contribution in [2.75, 3.05) is 18.9 Å². The van der Waals surface area contributed by atoms with Gasteiger partial charge in [-0.2, -0.15) is 5.26 Å². The molecule has 2 aromatic carbocycles. The molecular formula is C28H27Cl2N5O3. The van der Waals surface area contributed by atoms with E-state index in [4.69, 9.17) is 23.2 Å².